The van der Waals surface area contributed by atoms with Gasteiger partial charge in [-0.15, -0.1) is 0 Å². The Bertz CT molecular complexity index is 940. The minimum atomic E-state index is -2.71. The second-order valence-corrected chi connectivity index (χ2v) is 13.1. The van der Waals surface area contributed by atoms with Crippen LogP contribution in [0.3, 0.4) is 0 Å². The highest BCUT2D eigenvalue weighted by Gasteiger charge is 2.27. The molecule has 3 rings (SSSR count). The van der Waals surface area contributed by atoms with Gasteiger partial charge < -0.3 is 14.3 Å². The second-order valence-electron chi connectivity index (χ2n) is 6.99. The van der Waals surface area contributed by atoms with Crippen LogP contribution in [0.5, 0.6) is 0 Å². The van der Waals surface area contributed by atoms with Gasteiger partial charge in [0.2, 0.25) is 11.4 Å². The summed E-state index contributed by atoms with van der Waals surface area (Å²) in [6.45, 7) is 3.40. The van der Waals surface area contributed by atoms with Gasteiger partial charge in [-0.05, 0) is 19.4 Å². The normalized spacial score (nSPS) is 15.6. The molecule has 0 amide bonds. The quantitative estimate of drug-likeness (QED) is 0.358. The number of pyridine rings is 1. The summed E-state index contributed by atoms with van der Waals surface area (Å²) in [6, 6.07) is 23.6. The second kappa shape index (κ2) is 7.84. The maximum Gasteiger partial charge on any atom is 0.200 e. The van der Waals surface area contributed by atoms with Crippen molar-refractivity contribution in [3.05, 3.63) is 95.5 Å². The highest BCUT2D eigenvalue weighted by Crippen LogP contribution is 2.44. The lowest BCUT2D eigenvalue weighted by molar-refractivity contribution is -0.620. The Morgan fingerprint density at radius 1 is 0.667 bits per heavy atom. The Kier molecular flexibility index (Phi) is 5.69. The lowest BCUT2D eigenvalue weighted by Crippen LogP contribution is -2.37. The van der Waals surface area contributed by atoms with Gasteiger partial charge in [0, 0.05) is 22.7 Å². The molecule has 1 aromatic heterocycles. The molecule has 3 aromatic rings. The smallest absolute Gasteiger partial charge is 0.200 e. The average Bonchev–Trinajstić information content (AvgIpc) is 2.66. The fourth-order valence-electron chi connectivity index (χ4n) is 3.11. The van der Waals surface area contributed by atoms with E-state index in [4.69, 9.17) is 0 Å². The van der Waals surface area contributed by atoms with E-state index in [0.717, 1.165) is 15.3 Å². The molecule has 27 heavy (non-hydrogen) atoms. The van der Waals surface area contributed by atoms with Gasteiger partial charge in [0.15, 0.2) is 0 Å². The first kappa shape index (κ1) is 19.6. The molecule has 0 spiro atoms. The number of hydrogen-bond acceptors (Lipinski definition) is 3. The summed E-state index contributed by atoms with van der Waals surface area (Å²) in [5, 5.41) is 14.4. The number of benzene rings is 2. The molecule has 0 saturated carbocycles. The third kappa shape index (κ3) is 4.58. The fraction of sp³-hybridized carbons (Fsp3) is 0.190. The van der Waals surface area contributed by atoms with Gasteiger partial charge in [0.05, 0.1) is 12.3 Å². The molecule has 2 unspecified atom stereocenters. The minimum Gasteiger partial charge on any atom is -0.618 e. The Balaban J connectivity index is 1.89. The molecule has 0 fully saturated rings. The highest BCUT2D eigenvalue weighted by atomic mass is 31.2. The van der Waals surface area contributed by atoms with Crippen LogP contribution in [0.15, 0.2) is 78.9 Å². The average molecular weight is 399 g/mol. The van der Waals surface area contributed by atoms with Crippen molar-refractivity contribution in [2.75, 3.05) is 13.3 Å². The summed E-state index contributed by atoms with van der Waals surface area (Å²) >= 11 is 0. The van der Waals surface area contributed by atoms with E-state index in [0.29, 0.717) is 11.4 Å². The van der Waals surface area contributed by atoms with Gasteiger partial charge in [0.25, 0.3) is 0 Å². The van der Waals surface area contributed by atoms with Crippen LogP contribution >= 0.6 is 14.3 Å². The topological polar surface area (TPSA) is 61.1 Å². The third-order valence-electron chi connectivity index (χ3n) is 4.63. The largest absolute Gasteiger partial charge is 0.618 e. The van der Waals surface area contributed by atoms with Crippen LogP contribution in [0.2, 0.25) is 0 Å². The predicted octanol–water partition coefficient (Wildman–Crippen LogP) is 3.96. The zero-order valence-electron chi connectivity index (χ0n) is 15.5. The van der Waals surface area contributed by atoms with Crippen LogP contribution in [-0.4, -0.2) is 13.3 Å². The molecule has 0 saturated heterocycles. The van der Waals surface area contributed by atoms with Crippen molar-refractivity contribution in [3.63, 3.8) is 0 Å². The monoisotopic (exact) mass is 399 g/mol. The van der Waals surface area contributed by atoms with Crippen LogP contribution in [-0.2, 0) is 21.5 Å². The molecule has 0 aliphatic carbocycles. The molecule has 140 valence electrons. The number of hydrogen-bond donors (Lipinski definition) is 0. The summed E-state index contributed by atoms with van der Waals surface area (Å²) < 4.78 is 27.1. The molecule has 0 aliphatic rings. The lowest BCUT2D eigenvalue weighted by atomic mass is 10.3. The molecule has 6 heteroatoms. The van der Waals surface area contributed by atoms with Crippen LogP contribution in [0, 0.1) is 5.21 Å². The Labute approximate surface area is 160 Å². The first-order valence-electron chi connectivity index (χ1n) is 8.74. The van der Waals surface area contributed by atoms with E-state index in [-0.39, 0.29) is 12.3 Å². The molecule has 4 nitrogen and oxygen atoms in total. The van der Waals surface area contributed by atoms with Crippen LogP contribution in [0.25, 0.3) is 0 Å². The van der Waals surface area contributed by atoms with E-state index >= 15 is 0 Å². The first-order chi connectivity index (χ1) is 12.8. The zero-order chi connectivity index (χ0) is 19.5. The molecule has 0 radical (unpaired) electrons. The standard InChI is InChI=1S/C21H23NO3P2/c1-26(24,20-12-5-3-6-13-20)16-18-10-9-11-19(22(18)23)17-27(2,25)21-14-7-4-8-15-21/h3-15H,16-17H2,1-2H3. The van der Waals surface area contributed by atoms with E-state index in [1.165, 1.54) is 0 Å². The zero-order valence-corrected chi connectivity index (χ0v) is 17.3. The third-order valence-corrected chi connectivity index (χ3v) is 9.27. The van der Waals surface area contributed by atoms with Crippen molar-refractivity contribution in [3.8, 4) is 0 Å². The molecule has 0 aliphatic heterocycles. The minimum absolute atomic E-state index is 0.174. The molecule has 2 atom stereocenters. The van der Waals surface area contributed by atoms with Gasteiger partial charge in [0.1, 0.15) is 14.3 Å². The van der Waals surface area contributed by atoms with Crippen molar-refractivity contribution in [2.24, 2.45) is 0 Å². The van der Waals surface area contributed by atoms with E-state index in [2.05, 4.69) is 0 Å². The first-order valence-corrected chi connectivity index (χ1v) is 13.4. The van der Waals surface area contributed by atoms with Gasteiger partial charge in [-0.25, -0.2) is 0 Å². The maximum atomic E-state index is 13.1. The van der Waals surface area contributed by atoms with Crippen LogP contribution in [0.1, 0.15) is 11.4 Å². The Hall–Kier alpha value is -2.15. The maximum absolute atomic E-state index is 13.1. The van der Waals surface area contributed by atoms with Gasteiger partial charge in [-0.3, -0.25) is 0 Å². The van der Waals surface area contributed by atoms with E-state index < -0.39 is 14.3 Å². The Morgan fingerprint density at radius 2 is 1.04 bits per heavy atom. The van der Waals surface area contributed by atoms with E-state index in [9.17, 15) is 14.3 Å². The van der Waals surface area contributed by atoms with E-state index in [1.54, 1.807) is 31.5 Å². The molecule has 0 bridgehead atoms. The molecular formula is C21H23NO3P2. The van der Waals surface area contributed by atoms with Crippen molar-refractivity contribution in [2.45, 2.75) is 12.3 Å². The fourth-order valence-corrected chi connectivity index (χ4v) is 6.79. The summed E-state index contributed by atoms with van der Waals surface area (Å²) in [7, 11) is -5.43. The van der Waals surface area contributed by atoms with Crippen LogP contribution < -0.4 is 15.3 Å². The van der Waals surface area contributed by atoms with Gasteiger partial charge in [-0.2, -0.15) is 4.73 Å². The lowest BCUT2D eigenvalue weighted by Gasteiger charge is -2.17. The highest BCUT2D eigenvalue weighted by molar-refractivity contribution is 7.70. The molecular weight excluding hydrogens is 376 g/mol. The van der Waals surface area contributed by atoms with Crippen molar-refractivity contribution in [1.82, 2.24) is 0 Å². The predicted molar refractivity (Wildman–Crippen MR) is 112 cm³/mol. The SMILES string of the molecule is CP(=O)(Cc1cccc(CP(C)(=O)c2ccccc2)[n+]1[O-])c1ccccc1. The number of aromatic nitrogens is 1. The molecule has 0 N–H and O–H groups in total. The van der Waals surface area contributed by atoms with Crippen molar-refractivity contribution < 1.29 is 13.9 Å². The Morgan fingerprint density at radius 3 is 1.41 bits per heavy atom. The summed E-state index contributed by atoms with van der Waals surface area (Å²) in [4.78, 5) is 0. The molecule has 2 aromatic carbocycles. The van der Waals surface area contributed by atoms with Crippen molar-refractivity contribution in [1.29, 1.82) is 0 Å². The molecule has 1 heterocycles. The number of nitrogens with zero attached hydrogens (tertiary/aromatic N) is 1. The van der Waals surface area contributed by atoms with Gasteiger partial charge >= 0.3 is 0 Å². The van der Waals surface area contributed by atoms with Crippen LogP contribution in [0.4, 0.5) is 0 Å². The van der Waals surface area contributed by atoms with Gasteiger partial charge in [-0.1, -0.05) is 60.7 Å². The summed E-state index contributed by atoms with van der Waals surface area (Å²) in [6.07, 6.45) is 0.349. The summed E-state index contributed by atoms with van der Waals surface area (Å²) in [5.74, 6) is 0. The number of rotatable bonds is 6. The van der Waals surface area contributed by atoms with E-state index in [1.807, 2.05) is 60.7 Å². The van der Waals surface area contributed by atoms with Crippen molar-refractivity contribution >= 4 is 24.9 Å². The summed E-state index contributed by atoms with van der Waals surface area (Å²) in [5.41, 5.74) is 0.880.